The fraction of sp³-hybridized carbons (Fsp3) is 0.615. The van der Waals surface area contributed by atoms with Crippen LogP contribution in [0.1, 0.15) is 63.1 Å². The van der Waals surface area contributed by atoms with Gasteiger partial charge in [0.05, 0.1) is 5.57 Å². The predicted octanol–water partition coefficient (Wildman–Crippen LogP) is 4.57. The maximum absolute atomic E-state index is 13.5. The lowest BCUT2D eigenvalue weighted by atomic mass is 9.90. The van der Waals surface area contributed by atoms with Crippen LogP contribution in [0.4, 0.5) is 0 Å². The van der Waals surface area contributed by atoms with E-state index in [4.69, 9.17) is 4.74 Å². The van der Waals surface area contributed by atoms with Gasteiger partial charge in [0.25, 0.3) is 11.8 Å². The first kappa shape index (κ1) is 23.5. The molecule has 0 radical (unpaired) electrons. The molecular formula is C26H38N2O3. The van der Waals surface area contributed by atoms with E-state index >= 15 is 0 Å². The van der Waals surface area contributed by atoms with E-state index in [0.29, 0.717) is 42.7 Å². The predicted molar refractivity (Wildman–Crippen MR) is 124 cm³/mol. The number of imide groups is 1. The Morgan fingerprint density at radius 3 is 2.29 bits per heavy atom. The molecule has 170 valence electrons. The monoisotopic (exact) mass is 426 g/mol. The molecule has 0 saturated carbocycles. The number of piperidine rings is 1. The number of carbonyl (C=O) groups is 2. The van der Waals surface area contributed by atoms with Crippen molar-refractivity contribution >= 4 is 17.4 Å². The molecule has 0 spiro atoms. The first-order valence-corrected chi connectivity index (χ1v) is 11.8. The molecule has 1 fully saturated rings. The average Bonchev–Trinajstić information content (AvgIpc) is 2.96. The van der Waals surface area contributed by atoms with Gasteiger partial charge in [-0.15, -0.1) is 0 Å². The van der Waals surface area contributed by atoms with Crippen LogP contribution in [0.3, 0.4) is 0 Å². The quantitative estimate of drug-likeness (QED) is 0.429. The molecule has 1 aromatic carbocycles. The van der Waals surface area contributed by atoms with E-state index in [9.17, 15) is 9.59 Å². The zero-order chi connectivity index (χ0) is 22.5. The van der Waals surface area contributed by atoms with Crippen LogP contribution in [0.5, 0.6) is 0 Å². The van der Waals surface area contributed by atoms with Crippen LogP contribution in [0.25, 0.3) is 5.57 Å². The minimum atomic E-state index is -0.164. The molecule has 5 heteroatoms. The molecule has 0 N–H and O–H groups in total. The lowest BCUT2D eigenvalue weighted by Crippen LogP contribution is -2.42. The van der Waals surface area contributed by atoms with Gasteiger partial charge in [-0.3, -0.25) is 14.5 Å². The van der Waals surface area contributed by atoms with E-state index in [1.165, 1.54) is 10.5 Å². The molecule has 2 heterocycles. The van der Waals surface area contributed by atoms with Gasteiger partial charge in [0.1, 0.15) is 5.70 Å². The minimum absolute atomic E-state index is 0.145. The van der Waals surface area contributed by atoms with Crippen LogP contribution in [0.2, 0.25) is 0 Å². The van der Waals surface area contributed by atoms with Gasteiger partial charge in [-0.05, 0) is 61.6 Å². The van der Waals surface area contributed by atoms with Gasteiger partial charge in [-0.2, -0.15) is 0 Å². The fourth-order valence-electron chi connectivity index (χ4n) is 4.74. The van der Waals surface area contributed by atoms with Gasteiger partial charge >= 0.3 is 0 Å². The molecule has 31 heavy (non-hydrogen) atoms. The summed E-state index contributed by atoms with van der Waals surface area (Å²) >= 11 is 0. The third-order valence-corrected chi connectivity index (χ3v) is 6.44. The van der Waals surface area contributed by atoms with Crippen molar-refractivity contribution in [2.45, 2.75) is 60.3 Å². The number of hydrogen-bond acceptors (Lipinski definition) is 4. The molecule has 2 aliphatic heterocycles. The molecule has 3 rings (SSSR count). The number of amides is 2. The van der Waals surface area contributed by atoms with E-state index in [-0.39, 0.29) is 11.8 Å². The summed E-state index contributed by atoms with van der Waals surface area (Å²) in [5.74, 6) is 0.693. The van der Waals surface area contributed by atoms with E-state index < -0.39 is 0 Å². The number of ether oxygens (including phenoxy) is 1. The Morgan fingerprint density at radius 1 is 0.968 bits per heavy atom. The highest BCUT2D eigenvalue weighted by atomic mass is 16.5. The summed E-state index contributed by atoms with van der Waals surface area (Å²) in [6.07, 6.45) is 3.96. The zero-order valence-electron chi connectivity index (χ0n) is 19.9. The number of nitrogens with zero attached hydrogens (tertiary/aromatic N) is 2. The highest BCUT2D eigenvalue weighted by molar-refractivity contribution is 6.35. The van der Waals surface area contributed by atoms with Crippen LogP contribution in [0, 0.1) is 25.7 Å². The van der Waals surface area contributed by atoms with Gasteiger partial charge in [0.2, 0.25) is 0 Å². The Balaban J connectivity index is 1.87. The molecule has 0 bridgehead atoms. The zero-order valence-corrected chi connectivity index (χ0v) is 19.9. The largest absolute Gasteiger partial charge is 0.381 e. The van der Waals surface area contributed by atoms with Gasteiger partial charge in [-0.25, -0.2) is 0 Å². The van der Waals surface area contributed by atoms with Crippen molar-refractivity contribution in [1.82, 2.24) is 9.80 Å². The number of carbonyl (C=O) groups excluding carboxylic acids is 2. The van der Waals surface area contributed by atoms with Crippen molar-refractivity contribution in [3.8, 4) is 0 Å². The SMILES string of the molecule is CCCCOCCCN1C(=O)C(c2ccc(C)c(C)c2)=C(N2CC(C)CC(C)C2)C1=O. The summed E-state index contributed by atoms with van der Waals surface area (Å²) in [5, 5.41) is 0. The summed E-state index contributed by atoms with van der Waals surface area (Å²) in [6, 6.07) is 6.07. The van der Waals surface area contributed by atoms with Crippen molar-refractivity contribution in [2.24, 2.45) is 11.8 Å². The number of unbranched alkanes of at least 4 members (excludes halogenated alkanes) is 1. The van der Waals surface area contributed by atoms with Crippen LogP contribution < -0.4 is 0 Å². The number of hydrogen-bond donors (Lipinski definition) is 0. The van der Waals surface area contributed by atoms with E-state index in [0.717, 1.165) is 50.1 Å². The second kappa shape index (κ2) is 10.4. The van der Waals surface area contributed by atoms with Crippen LogP contribution >= 0.6 is 0 Å². The molecule has 5 nitrogen and oxygen atoms in total. The molecule has 2 aliphatic rings. The highest BCUT2D eigenvalue weighted by Gasteiger charge is 2.42. The molecule has 0 aliphatic carbocycles. The van der Waals surface area contributed by atoms with Crippen LogP contribution in [-0.4, -0.2) is 54.5 Å². The van der Waals surface area contributed by atoms with Gasteiger partial charge in [0, 0.05) is 32.8 Å². The average molecular weight is 427 g/mol. The fourth-order valence-corrected chi connectivity index (χ4v) is 4.74. The molecule has 2 atom stereocenters. The molecular weight excluding hydrogens is 388 g/mol. The topological polar surface area (TPSA) is 49.9 Å². The van der Waals surface area contributed by atoms with Crippen molar-refractivity contribution in [3.05, 3.63) is 40.6 Å². The first-order chi connectivity index (χ1) is 14.8. The number of benzene rings is 1. The van der Waals surface area contributed by atoms with Crippen molar-refractivity contribution < 1.29 is 14.3 Å². The lowest BCUT2D eigenvalue weighted by Gasteiger charge is -2.37. The first-order valence-electron chi connectivity index (χ1n) is 11.8. The normalized spacial score (nSPS) is 22.1. The summed E-state index contributed by atoms with van der Waals surface area (Å²) in [6.45, 7) is 14.1. The van der Waals surface area contributed by atoms with Gasteiger partial charge < -0.3 is 9.64 Å². The van der Waals surface area contributed by atoms with Crippen molar-refractivity contribution in [3.63, 3.8) is 0 Å². The van der Waals surface area contributed by atoms with Crippen LogP contribution in [0.15, 0.2) is 23.9 Å². The summed E-state index contributed by atoms with van der Waals surface area (Å²) in [7, 11) is 0. The Labute approximate surface area is 187 Å². The highest BCUT2D eigenvalue weighted by Crippen LogP contribution is 2.35. The van der Waals surface area contributed by atoms with Gasteiger partial charge in [0.15, 0.2) is 0 Å². The van der Waals surface area contributed by atoms with E-state index in [2.05, 4.69) is 39.5 Å². The number of aryl methyl sites for hydroxylation is 2. The van der Waals surface area contributed by atoms with Crippen LogP contribution in [-0.2, 0) is 14.3 Å². The smallest absolute Gasteiger partial charge is 0.277 e. The van der Waals surface area contributed by atoms with Crippen molar-refractivity contribution in [2.75, 3.05) is 32.8 Å². The lowest BCUT2D eigenvalue weighted by molar-refractivity contribution is -0.137. The Kier molecular flexibility index (Phi) is 7.93. The molecule has 0 aromatic heterocycles. The number of likely N-dealkylation sites (tertiary alicyclic amines) is 1. The van der Waals surface area contributed by atoms with Crippen molar-refractivity contribution in [1.29, 1.82) is 0 Å². The standard InChI is InChI=1S/C26H38N2O3/c1-6-7-12-31-13-8-11-28-25(29)23(22-10-9-20(4)21(5)15-22)24(26(28)30)27-16-18(2)14-19(3)17-27/h9-10,15,18-19H,6-8,11-14,16-17H2,1-5H3. The minimum Gasteiger partial charge on any atom is -0.381 e. The van der Waals surface area contributed by atoms with Gasteiger partial charge in [-0.1, -0.05) is 45.4 Å². The maximum Gasteiger partial charge on any atom is 0.277 e. The van der Waals surface area contributed by atoms with E-state index in [1.807, 2.05) is 18.2 Å². The van der Waals surface area contributed by atoms with E-state index in [1.54, 1.807) is 0 Å². The molecule has 2 unspecified atom stereocenters. The molecule has 1 saturated heterocycles. The summed E-state index contributed by atoms with van der Waals surface area (Å²) in [4.78, 5) is 30.6. The molecule has 1 aromatic rings. The third kappa shape index (κ3) is 5.38. The summed E-state index contributed by atoms with van der Waals surface area (Å²) < 4.78 is 5.64. The number of rotatable bonds is 9. The third-order valence-electron chi connectivity index (χ3n) is 6.44. The Bertz CT molecular complexity index is 835. The Hall–Kier alpha value is -2.14. The maximum atomic E-state index is 13.5. The Morgan fingerprint density at radius 2 is 1.65 bits per heavy atom. The summed E-state index contributed by atoms with van der Waals surface area (Å²) in [5.41, 5.74) is 4.33. The molecule has 2 amide bonds. The second-order valence-corrected chi connectivity index (χ2v) is 9.46. The second-order valence-electron chi connectivity index (χ2n) is 9.46.